The van der Waals surface area contributed by atoms with Crippen molar-refractivity contribution >= 4 is 27.3 Å². The number of allylic oxidation sites excluding steroid dienone is 2. The Balaban J connectivity index is 2.71. The van der Waals surface area contributed by atoms with Crippen LogP contribution < -0.4 is 0 Å². The highest BCUT2D eigenvalue weighted by atomic mass is 28.3. The molecule has 0 saturated heterocycles. The summed E-state index contributed by atoms with van der Waals surface area (Å²) in [6.45, 7) is 14.5. The largest absolute Gasteiger partial charge is 0.0867 e. The van der Waals surface area contributed by atoms with Crippen LogP contribution in [0.5, 0.6) is 0 Å². The van der Waals surface area contributed by atoms with E-state index in [0.717, 1.165) is 0 Å². The fourth-order valence-electron chi connectivity index (χ4n) is 2.73. The van der Waals surface area contributed by atoms with Crippen molar-refractivity contribution in [1.29, 1.82) is 0 Å². The summed E-state index contributed by atoms with van der Waals surface area (Å²) in [5, 5.41) is 0. The Bertz CT molecular complexity index is 647. The normalized spacial score (nSPS) is 13.9. The third-order valence-corrected chi connectivity index (χ3v) is 5.92. The van der Waals surface area contributed by atoms with Gasteiger partial charge in [-0.05, 0) is 22.3 Å². The van der Waals surface area contributed by atoms with Crippen LogP contribution in [0.1, 0.15) is 11.1 Å². The van der Waals surface area contributed by atoms with Gasteiger partial charge in [-0.15, -0.1) is 0 Å². The topological polar surface area (TPSA) is 0 Å². The van der Waals surface area contributed by atoms with Gasteiger partial charge in [0.15, 0.2) is 0 Å². The molecular formula is C22H30Si2. The van der Waals surface area contributed by atoms with Gasteiger partial charge in [0.1, 0.15) is 0 Å². The molecule has 0 radical (unpaired) electrons. The van der Waals surface area contributed by atoms with Gasteiger partial charge in [-0.25, -0.2) is 0 Å². The molecule has 0 spiro atoms. The fourth-order valence-corrected chi connectivity index (χ4v) is 5.11. The number of benzene rings is 2. The van der Waals surface area contributed by atoms with E-state index >= 15 is 0 Å². The van der Waals surface area contributed by atoms with Crippen molar-refractivity contribution in [3.63, 3.8) is 0 Å². The molecule has 0 aliphatic carbocycles. The second-order valence-corrected chi connectivity index (χ2v) is 18.6. The zero-order valence-corrected chi connectivity index (χ0v) is 17.9. The molecule has 0 amide bonds. The van der Waals surface area contributed by atoms with E-state index in [4.69, 9.17) is 0 Å². The van der Waals surface area contributed by atoms with Crippen molar-refractivity contribution in [2.24, 2.45) is 0 Å². The van der Waals surface area contributed by atoms with Crippen molar-refractivity contribution in [2.45, 2.75) is 39.3 Å². The highest BCUT2D eigenvalue weighted by Crippen LogP contribution is 2.34. The van der Waals surface area contributed by atoms with E-state index in [1.165, 1.54) is 22.3 Å². The Morgan fingerprint density at radius 1 is 0.542 bits per heavy atom. The predicted molar refractivity (Wildman–Crippen MR) is 116 cm³/mol. The summed E-state index contributed by atoms with van der Waals surface area (Å²) in [4.78, 5) is 0. The quantitative estimate of drug-likeness (QED) is 0.406. The Labute approximate surface area is 150 Å². The summed E-state index contributed by atoms with van der Waals surface area (Å²) < 4.78 is 0. The molecule has 126 valence electrons. The molecule has 0 atom stereocenters. The van der Waals surface area contributed by atoms with Gasteiger partial charge in [0.05, 0.1) is 16.1 Å². The van der Waals surface area contributed by atoms with Crippen LogP contribution in [0.3, 0.4) is 0 Å². The Hall–Kier alpha value is -1.65. The predicted octanol–water partition coefficient (Wildman–Crippen LogP) is 6.91. The van der Waals surface area contributed by atoms with Crippen molar-refractivity contribution in [3.05, 3.63) is 83.2 Å². The van der Waals surface area contributed by atoms with Crippen LogP contribution in [-0.4, -0.2) is 16.1 Å². The maximum atomic E-state index is 2.56. The summed E-state index contributed by atoms with van der Waals surface area (Å²) in [6, 6.07) is 21.7. The monoisotopic (exact) mass is 350 g/mol. The average molecular weight is 351 g/mol. The third-order valence-electron chi connectivity index (χ3n) is 3.61. The molecule has 2 heteroatoms. The SMILES string of the molecule is C[Si](C)(C)C=C(C(=C[Si](C)(C)C)c1ccccc1)c1ccccc1. The molecule has 2 aromatic carbocycles. The van der Waals surface area contributed by atoms with Gasteiger partial charge in [0.2, 0.25) is 0 Å². The van der Waals surface area contributed by atoms with Crippen LogP contribution in [0.15, 0.2) is 72.1 Å². The summed E-state index contributed by atoms with van der Waals surface area (Å²) in [5.74, 6) is 0. The number of hydrogen-bond donors (Lipinski definition) is 0. The maximum Gasteiger partial charge on any atom is 0.0695 e. The molecule has 0 nitrogen and oxygen atoms in total. The summed E-state index contributed by atoms with van der Waals surface area (Å²) >= 11 is 0. The van der Waals surface area contributed by atoms with Crippen LogP contribution in [0.4, 0.5) is 0 Å². The summed E-state index contributed by atoms with van der Waals surface area (Å²) in [5.41, 5.74) is 10.6. The van der Waals surface area contributed by atoms with E-state index < -0.39 is 16.1 Å². The smallest absolute Gasteiger partial charge is 0.0695 e. The molecule has 0 heterocycles. The molecular weight excluding hydrogens is 320 g/mol. The van der Waals surface area contributed by atoms with Crippen molar-refractivity contribution in [2.75, 3.05) is 0 Å². The minimum Gasteiger partial charge on any atom is -0.0867 e. The first-order valence-corrected chi connectivity index (χ1v) is 15.9. The van der Waals surface area contributed by atoms with Gasteiger partial charge in [-0.3, -0.25) is 0 Å². The molecule has 0 aliphatic rings. The molecule has 2 aromatic rings. The van der Waals surface area contributed by atoms with E-state index in [2.05, 4.69) is 111 Å². The third kappa shape index (κ3) is 5.77. The molecule has 0 fully saturated rings. The average Bonchev–Trinajstić information content (AvgIpc) is 2.50. The lowest BCUT2D eigenvalue weighted by atomic mass is 9.95. The lowest BCUT2D eigenvalue weighted by molar-refractivity contribution is 1.58. The Morgan fingerprint density at radius 3 is 1.08 bits per heavy atom. The number of rotatable bonds is 5. The minimum atomic E-state index is -1.36. The second kappa shape index (κ2) is 7.50. The first kappa shape index (κ1) is 18.7. The number of hydrogen-bond acceptors (Lipinski definition) is 0. The molecule has 0 aliphatic heterocycles. The molecule has 2 rings (SSSR count). The van der Waals surface area contributed by atoms with Crippen LogP contribution in [0, 0.1) is 0 Å². The molecule has 0 N–H and O–H groups in total. The van der Waals surface area contributed by atoms with Gasteiger partial charge >= 0.3 is 0 Å². The Morgan fingerprint density at radius 2 is 0.833 bits per heavy atom. The Kier molecular flexibility index (Phi) is 5.84. The van der Waals surface area contributed by atoms with Gasteiger partial charge in [-0.2, -0.15) is 0 Å². The van der Waals surface area contributed by atoms with Crippen LogP contribution in [0.2, 0.25) is 39.3 Å². The van der Waals surface area contributed by atoms with E-state index in [1.54, 1.807) is 0 Å². The summed E-state index contributed by atoms with van der Waals surface area (Å²) in [7, 11) is -2.72. The second-order valence-electron chi connectivity index (χ2n) is 8.58. The summed E-state index contributed by atoms with van der Waals surface area (Å²) in [6.07, 6.45) is 0. The standard InChI is InChI=1S/C22H30Si2/c1-23(2,3)17-21(19-13-9-7-10-14-19)22(18-24(4,5)6)20-15-11-8-12-16-20/h7-18H,1-6H3. The lowest BCUT2D eigenvalue weighted by Crippen LogP contribution is -2.19. The van der Waals surface area contributed by atoms with E-state index in [0.29, 0.717) is 0 Å². The van der Waals surface area contributed by atoms with Crippen molar-refractivity contribution in [1.82, 2.24) is 0 Å². The van der Waals surface area contributed by atoms with Crippen molar-refractivity contribution in [3.8, 4) is 0 Å². The van der Waals surface area contributed by atoms with Gasteiger partial charge in [0, 0.05) is 0 Å². The molecule has 0 aromatic heterocycles. The van der Waals surface area contributed by atoms with E-state index in [9.17, 15) is 0 Å². The zero-order valence-electron chi connectivity index (χ0n) is 15.9. The highest BCUT2D eigenvalue weighted by Gasteiger charge is 2.19. The van der Waals surface area contributed by atoms with Crippen LogP contribution in [0.25, 0.3) is 11.1 Å². The van der Waals surface area contributed by atoms with E-state index in [-0.39, 0.29) is 0 Å². The maximum absolute atomic E-state index is 2.56. The molecule has 0 bridgehead atoms. The van der Waals surface area contributed by atoms with Gasteiger partial charge in [0.25, 0.3) is 0 Å². The first-order chi connectivity index (χ1) is 11.2. The van der Waals surface area contributed by atoms with Crippen LogP contribution >= 0.6 is 0 Å². The molecule has 24 heavy (non-hydrogen) atoms. The molecule has 0 saturated carbocycles. The zero-order chi connectivity index (χ0) is 17.8. The van der Waals surface area contributed by atoms with Crippen molar-refractivity contribution < 1.29 is 0 Å². The fraction of sp³-hybridized carbons (Fsp3) is 0.273. The van der Waals surface area contributed by atoms with Gasteiger partial charge in [-0.1, -0.05) is 111 Å². The van der Waals surface area contributed by atoms with Gasteiger partial charge < -0.3 is 0 Å². The highest BCUT2D eigenvalue weighted by molar-refractivity contribution is 6.83. The minimum absolute atomic E-state index is 1.33. The van der Waals surface area contributed by atoms with E-state index in [1.807, 2.05) is 0 Å². The molecule has 0 unspecified atom stereocenters. The van der Waals surface area contributed by atoms with Crippen LogP contribution in [-0.2, 0) is 0 Å². The first-order valence-electron chi connectivity index (χ1n) is 8.73. The lowest BCUT2D eigenvalue weighted by Gasteiger charge is -2.22.